The monoisotopic (exact) mass is 322 g/mol. The number of benzene rings is 2. The van der Waals surface area contributed by atoms with E-state index in [1.807, 2.05) is 30.3 Å². The number of hydrogen-bond donors (Lipinski definition) is 1. The summed E-state index contributed by atoms with van der Waals surface area (Å²) in [6.07, 6.45) is 0. The second kappa shape index (κ2) is 7.56. The molecule has 2 aromatic carbocycles. The van der Waals surface area contributed by atoms with Gasteiger partial charge in [-0.1, -0.05) is 42.5 Å². The number of aliphatic hydroxyl groups excluding tert-OH is 1. The summed E-state index contributed by atoms with van der Waals surface area (Å²) in [5, 5.41) is 10.1. The molecule has 2 rings (SSSR count). The predicted molar refractivity (Wildman–Crippen MR) is 83.8 cm³/mol. The van der Waals surface area contributed by atoms with Crippen molar-refractivity contribution in [1.29, 1.82) is 0 Å². The summed E-state index contributed by atoms with van der Waals surface area (Å²) < 4.78 is 27.4. The van der Waals surface area contributed by atoms with Crippen molar-refractivity contribution in [3.63, 3.8) is 0 Å². The lowest BCUT2D eigenvalue weighted by Gasteiger charge is -2.20. The first-order valence-electron chi connectivity index (χ1n) is 6.75. The number of hydrogen-bond acceptors (Lipinski definition) is 5. The molecule has 0 amide bonds. The van der Waals surface area contributed by atoms with Crippen molar-refractivity contribution in [3.8, 4) is 5.75 Å². The molecular weight excluding hydrogens is 303 g/mol. The maximum absolute atomic E-state index is 12.1. The zero-order valence-corrected chi connectivity index (χ0v) is 13.4. The molecule has 0 heterocycles. The van der Waals surface area contributed by atoms with E-state index in [-0.39, 0.29) is 0 Å². The van der Waals surface area contributed by atoms with Crippen LogP contribution in [-0.4, -0.2) is 19.3 Å². The summed E-state index contributed by atoms with van der Waals surface area (Å²) in [7, 11) is -1.08. The largest absolute Gasteiger partial charge is 0.489 e. The molecular formula is C16H19O5P. The van der Waals surface area contributed by atoms with Crippen molar-refractivity contribution in [3.05, 3.63) is 65.7 Å². The van der Waals surface area contributed by atoms with Gasteiger partial charge in [-0.25, -0.2) is 0 Å². The lowest BCUT2D eigenvalue weighted by molar-refractivity contribution is 0.176. The maximum Gasteiger partial charge on any atom is 0.362 e. The molecule has 0 aromatic heterocycles. The summed E-state index contributed by atoms with van der Waals surface area (Å²) in [4.78, 5) is 0. The van der Waals surface area contributed by atoms with Crippen molar-refractivity contribution in [2.75, 3.05) is 14.2 Å². The molecule has 2 aromatic rings. The van der Waals surface area contributed by atoms with Gasteiger partial charge >= 0.3 is 7.60 Å². The highest BCUT2D eigenvalue weighted by Gasteiger charge is 2.33. The zero-order valence-electron chi connectivity index (χ0n) is 12.5. The lowest BCUT2D eigenvalue weighted by atomic mass is 10.2. The maximum atomic E-state index is 12.1. The third-order valence-corrected chi connectivity index (χ3v) is 5.15. The minimum absolute atomic E-state index is 0.444. The van der Waals surface area contributed by atoms with Gasteiger partial charge in [0.25, 0.3) is 0 Å². The average molecular weight is 322 g/mol. The molecule has 0 bridgehead atoms. The Morgan fingerprint density at radius 2 is 1.59 bits per heavy atom. The number of aliphatic hydroxyl groups is 1. The zero-order chi connectivity index (χ0) is 16.0. The van der Waals surface area contributed by atoms with Crippen LogP contribution in [0.15, 0.2) is 54.6 Å². The summed E-state index contributed by atoms with van der Waals surface area (Å²) >= 11 is 0. The first kappa shape index (κ1) is 16.7. The Morgan fingerprint density at radius 1 is 1.00 bits per heavy atom. The van der Waals surface area contributed by atoms with Crippen molar-refractivity contribution in [1.82, 2.24) is 0 Å². The van der Waals surface area contributed by atoms with Crippen LogP contribution in [0, 0.1) is 0 Å². The highest BCUT2D eigenvalue weighted by molar-refractivity contribution is 7.53. The van der Waals surface area contributed by atoms with Gasteiger partial charge < -0.3 is 18.9 Å². The van der Waals surface area contributed by atoms with Gasteiger partial charge in [-0.3, -0.25) is 4.57 Å². The predicted octanol–water partition coefficient (Wildman–Crippen LogP) is 3.74. The topological polar surface area (TPSA) is 65.0 Å². The Morgan fingerprint density at radius 3 is 2.14 bits per heavy atom. The van der Waals surface area contributed by atoms with Crippen LogP contribution in [0.3, 0.4) is 0 Å². The molecule has 0 saturated heterocycles. The molecule has 0 fully saturated rings. The number of rotatable bonds is 7. The highest BCUT2D eigenvalue weighted by Crippen LogP contribution is 2.58. The molecule has 0 spiro atoms. The van der Waals surface area contributed by atoms with E-state index in [0.29, 0.717) is 17.9 Å². The molecule has 0 saturated carbocycles. The normalized spacial score (nSPS) is 12.9. The van der Waals surface area contributed by atoms with E-state index < -0.39 is 13.4 Å². The van der Waals surface area contributed by atoms with E-state index in [1.54, 1.807) is 24.3 Å². The van der Waals surface area contributed by atoms with E-state index in [4.69, 9.17) is 13.8 Å². The molecule has 1 atom stereocenters. The fraction of sp³-hybridized carbons (Fsp3) is 0.250. The van der Waals surface area contributed by atoms with Crippen LogP contribution in [0.5, 0.6) is 5.75 Å². The Labute approximate surface area is 130 Å². The molecule has 0 aliphatic rings. The van der Waals surface area contributed by atoms with Crippen LogP contribution in [0.25, 0.3) is 0 Å². The Hall–Kier alpha value is -1.65. The molecule has 22 heavy (non-hydrogen) atoms. The van der Waals surface area contributed by atoms with Crippen LogP contribution < -0.4 is 4.74 Å². The minimum Gasteiger partial charge on any atom is -0.489 e. The first-order chi connectivity index (χ1) is 10.6. The quantitative estimate of drug-likeness (QED) is 0.787. The van der Waals surface area contributed by atoms with Gasteiger partial charge in [-0.2, -0.15) is 0 Å². The van der Waals surface area contributed by atoms with Crippen molar-refractivity contribution in [2.24, 2.45) is 0 Å². The summed E-state index contributed by atoms with van der Waals surface area (Å²) in [6, 6.07) is 16.5. The highest BCUT2D eigenvalue weighted by atomic mass is 31.2. The number of ether oxygens (including phenoxy) is 1. The molecule has 0 aliphatic heterocycles. The Bertz CT molecular complexity index is 619. The van der Waals surface area contributed by atoms with E-state index in [9.17, 15) is 9.67 Å². The van der Waals surface area contributed by atoms with E-state index in [0.717, 1.165) is 5.56 Å². The fourth-order valence-corrected chi connectivity index (χ4v) is 3.02. The van der Waals surface area contributed by atoms with E-state index in [2.05, 4.69) is 0 Å². The third kappa shape index (κ3) is 3.96. The third-order valence-electron chi connectivity index (χ3n) is 3.24. The fourth-order valence-electron chi connectivity index (χ4n) is 1.93. The summed E-state index contributed by atoms with van der Waals surface area (Å²) in [6.45, 7) is 0.456. The molecule has 118 valence electrons. The van der Waals surface area contributed by atoms with Crippen molar-refractivity contribution < 1.29 is 23.5 Å². The van der Waals surface area contributed by atoms with Crippen LogP contribution in [0.2, 0.25) is 0 Å². The van der Waals surface area contributed by atoms with Gasteiger partial charge in [0.05, 0.1) is 0 Å². The van der Waals surface area contributed by atoms with Gasteiger partial charge in [0.2, 0.25) is 0 Å². The van der Waals surface area contributed by atoms with Gasteiger partial charge in [-0.05, 0) is 23.3 Å². The van der Waals surface area contributed by atoms with Gasteiger partial charge in [-0.15, -0.1) is 0 Å². The second-order valence-corrected chi connectivity index (χ2v) is 6.92. The Balaban J connectivity index is 2.02. The van der Waals surface area contributed by atoms with Gasteiger partial charge in [0.15, 0.2) is 5.85 Å². The van der Waals surface area contributed by atoms with Gasteiger partial charge in [0.1, 0.15) is 12.4 Å². The molecule has 1 unspecified atom stereocenters. The standard InChI is InChI=1S/C16H19O5P/c1-19-22(18,20-2)16(17)14-8-10-15(11-9-14)21-12-13-6-4-3-5-7-13/h3-11,16-17H,12H2,1-2H3. The smallest absolute Gasteiger partial charge is 0.362 e. The second-order valence-electron chi connectivity index (χ2n) is 4.62. The van der Waals surface area contributed by atoms with Crippen molar-refractivity contribution in [2.45, 2.75) is 12.5 Å². The molecule has 5 nitrogen and oxygen atoms in total. The molecule has 1 N–H and O–H groups in total. The molecule has 0 aliphatic carbocycles. The average Bonchev–Trinajstić information content (AvgIpc) is 2.60. The first-order valence-corrected chi connectivity index (χ1v) is 8.36. The van der Waals surface area contributed by atoms with Crippen LogP contribution in [0.1, 0.15) is 17.0 Å². The Kier molecular flexibility index (Phi) is 5.75. The van der Waals surface area contributed by atoms with Crippen LogP contribution in [-0.2, 0) is 20.2 Å². The summed E-state index contributed by atoms with van der Waals surface area (Å²) in [5.41, 5.74) is 1.51. The lowest BCUT2D eigenvalue weighted by Crippen LogP contribution is -2.03. The van der Waals surface area contributed by atoms with Gasteiger partial charge in [0, 0.05) is 14.2 Å². The SMILES string of the molecule is COP(=O)(OC)C(O)c1ccc(OCc2ccccc2)cc1. The van der Waals surface area contributed by atoms with E-state index in [1.165, 1.54) is 14.2 Å². The minimum atomic E-state index is -3.56. The van der Waals surface area contributed by atoms with Crippen LogP contribution >= 0.6 is 7.60 Å². The molecule has 6 heteroatoms. The molecule has 0 radical (unpaired) electrons. The summed E-state index contributed by atoms with van der Waals surface area (Å²) in [5.74, 6) is -0.671. The van der Waals surface area contributed by atoms with Crippen LogP contribution in [0.4, 0.5) is 0 Å². The van der Waals surface area contributed by atoms with Crippen molar-refractivity contribution >= 4 is 7.60 Å². The van der Waals surface area contributed by atoms with E-state index >= 15 is 0 Å².